The number of hydrogen-bond donors (Lipinski definition) is 2. The lowest BCUT2D eigenvalue weighted by Crippen LogP contribution is -2.47. The molecular formula is C19H37N3O2SSi. The van der Waals surface area contributed by atoms with Crippen LogP contribution in [0, 0.1) is 0 Å². The molecule has 0 aromatic carbocycles. The molecular weight excluding hydrogens is 362 g/mol. The van der Waals surface area contributed by atoms with Crippen LogP contribution in [0.4, 0.5) is 5.82 Å². The summed E-state index contributed by atoms with van der Waals surface area (Å²) in [5, 5.41) is 0.180. The highest BCUT2D eigenvalue weighted by atomic mass is 32.2. The zero-order valence-corrected chi connectivity index (χ0v) is 19.5. The van der Waals surface area contributed by atoms with Gasteiger partial charge in [-0.2, -0.15) is 0 Å². The quantitative estimate of drug-likeness (QED) is 0.509. The molecule has 2 atom stereocenters. The Kier molecular flexibility index (Phi) is 8.17. The van der Waals surface area contributed by atoms with Crippen molar-refractivity contribution in [2.24, 2.45) is 0 Å². The largest absolute Gasteiger partial charge is 0.598 e. The van der Waals surface area contributed by atoms with E-state index in [0.717, 1.165) is 12.1 Å². The normalized spacial score (nSPS) is 15.7. The Labute approximate surface area is 163 Å². The lowest BCUT2D eigenvalue weighted by molar-refractivity contribution is 0.267. The number of aromatic nitrogens is 1. The van der Waals surface area contributed by atoms with Crippen LogP contribution in [-0.4, -0.2) is 35.2 Å². The monoisotopic (exact) mass is 399 g/mol. The topological polar surface area (TPSA) is 83.2 Å². The summed E-state index contributed by atoms with van der Waals surface area (Å²) >= 11 is -1.14. The third-order valence-electron chi connectivity index (χ3n) is 4.85. The first-order chi connectivity index (χ1) is 11.7. The molecule has 150 valence electrons. The highest BCUT2D eigenvalue weighted by molar-refractivity contribution is 7.90. The molecule has 5 nitrogen and oxygen atoms in total. The molecule has 0 bridgehead atoms. The van der Waals surface area contributed by atoms with Gasteiger partial charge >= 0.3 is 0 Å². The van der Waals surface area contributed by atoms with E-state index in [9.17, 15) is 4.55 Å². The summed E-state index contributed by atoms with van der Waals surface area (Å²) in [6, 6.07) is 5.66. The van der Waals surface area contributed by atoms with E-state index >= 15 is 0 Å². The van der Waals surface area contributed by atoms with Gasteiger partial charge in [-0.1, -0.05) is 26.8 Å². The van der Waals surface area contributed by atoms with Crippen molar-refractivity contribution in [2.75, 3.05) is 12.3 Å². The van der Waals surface area contributed by atoms with E-state index < -0.39 is 19.7 Å². The number of rotatable bonds is 8. The van der Waals surface area contributed by atoms with Crippen LogP contribution in [0.2, 0.25) is 18.1 Å². The number of nitrogen functional groups attached to an aromatic ring is 1. The lowest BCUT2D eigenvalue weighted by atomic mass is 10.1. The van der Waals surface area contributed by atoms with Crippen molar-refractivity contribution in [1.29, 1.82) is 0 Å². The van der Waals surface area contributed by atoms with Gasteiger partial charge in [-0.25, -0.2) is 4.98 Å². The van der Waals surface area contributed by atoms with Crippen LogP contribution in [0.5, 0.6) is 0 Å². The van der Waals surface area contributed by atoms with Crippen LogP contribution in [0.1, 0.15) is 53.7 Å². The highest BCUT2D eigenvalue weighted by Gasteiger charge is 2.37. The smallest absolute Gasteiger partial charge is 0.191 e. The van der Waals surface area contributed by atoms with Crippen molar-refractivity contribution in [2.45, 2.75) is 83.3 Å². The maximum atomic E-state index is 12.6. The summed E-state index contributed by atoms with van der Waals surface area (Å²) in [5.74, 6) is 0.510. The second-order valence-corrected chi connectivity index (χ2v) is 16.2. The zero-order chi connectivity index (χ0) is 20.2. The van der Waals surface area contributed by atoms with Crippen LogP contribution < -0.4 is 10.5 Å². The average Bonchev–Trinajstić information content (AvgIpc) is 2.44. The van der Waals surface area contributed by atoms with Gasteiger partial charge in [0.2, 0.25) is 0 Å². The number of nitrogens with one attached hydrogen (secondary N) is 1. The van der Waals surface area contributed by atoms with Crippen LogP contribution in [0.15, 0.2) is 18.2 Å². The first-order valence-corrected chi connectivity index (χ1v) is 13.3. The molecule has 3 N–H and O–H groups in total. The first kappa shape index (κ1) is 23.4. The van der Waals surface area contributed by atoms with E-state index in [0.29, 0.717) is 18.8 Å². The fourth-order valence-corrected chi connectivity index (χ4v) is 3.99. The van der Waals surface area contributed by atoms with Gasteiger partial charge in [-0.3, -0.25) is 0 Å². The van der Waals surface area contributed by atoms with E-state index in [1.165, 1.54) is 0 Å². The highest BCUT2D eigenvalue weighted by Crippen LogP contribution is 2.36. The Bertz CT molecular complexity index is 571. The Morgan fingerprint density at radius 2 is 1.85 bits per heavy atom. The van der Waals surface area contributed by atoms with Gasteiger partial charge in [0.15, 0.2) is 8.32 Å². The second-order valence-electron chi connectivity index (χ2n) is 9.35. The zero-order valence-electron chi connectivity index (χ0n) is 17.7. The van der Waals surface area contributed by atoms with Crippen molar-refractivity contribution in [3.63, 3.8) is 0 Å². The summed E-state index contributed by atoms with van der Waals surface area (Å²) in [6.07, 6.45) is 1.46. The standard InChI is InChI=1S/C19H37N3O2SSi/c1-18(2,3)25(23)22-16(14-15-10-9-11-17(20)21-15)12-13-24-26(7,8)19(4,5)6/h9-11,16,22H,12-14H2,1-8H3,(H2,20,21). The van der Waals surface area contributed by atoms with Gasteiger partial charge in [-0.15, -0.1) is 4.72 Å². The summed E-state index contributed by atoms with van der Waals surface area (Å²) in [6.45, 7) is 17.8. The predicted octanol–water partition coefficient (Wildman–Crippen LogP) is 4.04. The maximum absolute atomic E-state index is 12.6. The molecule has 0 aliphatic heterocycles. The molecule has 0 aliphatic carbocycles. The van der Waals surface area contributed by atoms with Crippen molar-refractivity contribution in [1.82, 2.24) is 9.71 Å². The average molecular weight is 400 g/mol. The summed E-state index contributed by atoms with van der Waals surface area (Å²) in [5.41, 5.74) is 6.70. The second kappa shape index (κ2) is 9.06. The SMILES string of the molecule is CC(C)(C)[S+]([O-])NC(CCO[Si](C)(C)C(C)(C)C)Cc1cccc(N)n1. The molecule has 0 spiro atoms. The van der Waals surface area contributed by atoms with E-state index in [4.69, 9.17) is 10.2 Å². The lowest BCUT2D eigenvalue weighted by Gasteiger charge is -2.36. The van der Waals surface area contributed by atoms with Crippen molar-refractivity contribution < 1.29 is 8.98 Å². The van der Waals surface area contributed by atoms with Crippen LogP contribution >= 0.6 is 0 Å². The molecule has 26 heavy (non-hydrogen) atoms. The number of pyridine rings is 1. The molecule has 2 unspecified atom stereocenters. The van der Waals surface area contributed by atoms with Crippen LogP contribution in [-0.2, 0) is 22.2 Å². The molecule has 1 rings (SSSR count). The summed E-state index contributed by atoms with van der Waals surface area (Å²) in [4.78, 5) is 4.39. The van der Waals surface area contributed by atoms with E-state index in [2.05, 4.69) is 43.6 Å². The minimum Gasteiger partial charge on any atom is -0.598 e. The van der Waals surface area contributed by atoms with Crippen molar-refractivity contribution >= 4 is 25.5 Å². The minimum absolute atomic E-state index is 0.0223. The van der Waals surface area contributed by atoms with Gasteiger partial charge in [0.25, 0.3) is 0 Å². The molecule has 0 amide bonds. The third kappa shape index (κ3) is 7.56. The predicted molar refractivity (Wildman–Crippen MR) is 115 cm³/mol. The molecule has 0 saturated carbocycles. The first-order valence-electron chi connectivity index (χ1n) is 9.26. The molecule has 7 heteroatoms. The number of hydrogen-bond acceptors (Lipinski definition) is 5. The number of anilines is 1. The number of nitrogens with two attached hydrogens (primary N) is 1. The van der Waals surface area contributed by atoms with Crippen LogP contribution in [0.3, 0.4) is 0 Å². The molecule has 0 fully saturated rings. The van der Waals surface area contributed by atoms with Gasteiger partial charge in [0.05, 0.1) is 6.04 Å². The third-order valence-corrected chi connectivity index (χ3v) is 11.0. The molecule has 0 radical (unpaired) electrons. The van der Waals surface area contributed by atoms with E-state index in [1.807, 2.05) is 32.9 Å². The van der Waals surface area contributed by atoms with Gasteiger partial charge in [0.1, 0.15) is 10.6 Å². The van der Waals surface area contributed by atoms with Crippen LogP contribution in [0.25, 0.3) is 0 Å². The van der Waals surface area contributed by atoms with Crippen molar-refractivity contribution in [3.05, 3.63) is 23.9 Å². The van der Waals surface area contributed by atoms with E-state index in [1.54, 1.807) is 6.07 Å². The Morgan fingerprint density at radius 1 is 1.23 bits per heavy atom. The van der Waals surface area contributed by atoms with Gasteiger partial charge in [0, 0.05) is 30.1 Å². The Morgan fingerprint density at radius 3 is 2.35 bits per heavy atom. The summed E-state index contributed by atoms with van der Waals surface area (Å²) in [7, 11) is -1.79. The fourth-order valence-electron chi connectivity index (χ4n) is 2.07. The molecule has 0 aliphatic rings. The Hall–Kier alpha value is -0.603. The molecule has 1 aromatic rings. The molecule has 1 heterocycles. The molecule has 0 saturated heterocycles. The maximum Gasteiger partial charge on any atom is 0.191 e. The summed E-state index contributed by atoms with van der Waals surface area (Å²) < 4.78 is 21.8. The fraction of sp³-hybridized carbons (Fsp3) is 0.737. The van der Waals surface area contributed by atoms with Gasteiger partial charge < -0.3 is 14.7 Å². The van der Waals surface area contributed by atoms with Crippen molar-refractivity contribution in [3.8, 4) is 0 Å². The van der Waals surface area contributed by atoms with Gasteiger partial charge in [-0.05, 0) is 57.5 Å². The van der Waals surface area contributed by atoms with E-state index in [-0.39, 0.29) is 15.8 Å². The molecule has 1 aromatic heterocycles. The Balaban J connectivity index is 2.77. The minimum atomic E-state index is -1.79. The number of nitrogens with zero attached hydrogens (tertiary/aromatic N) is 1.